The average molecular weight is 593 g/mol. The van der Waals surface area contributed by atoms with Gasteiger partial charge in [0.05, 0.1) is 31.5 Å². The van der Waals surface area contributed by atoms with Gasteiger partial charge in [-0.25, -0.2) is 9.59 Å². The summed E-state index contributed by atoms with van der Waals surface area (Å²) in [5.74, 6) is 0.646. The lowest BCUT2D eigenvalue weighted by atomic mass is 9.99. The van der Waals surface area contributed by atoms with E-state index in [1.807, 2.05) is 51.1 Å². The number of ether oxygens (including phenoxy) is 3. The number of rotatable bonds is 3. The standard InChI is InChI=1S/C19H23ClN2O3.C10H18N2O4/c1-19(2,3)24-18(23)22-10-5-4-9-16(22)15-12-17(25-21-15)13-7-6-8-14(20)11-13;1-10(2,3)16-9(13)12-4-5-15-7-8(12)6-11-14/h6-8,11-12,16H,4-5,9-10H2,1-3H3;6,8,14H,4-5,7H2,1-3H3. The highest BCUT2D eigenvalue weighted by Crippen LogP contribution is 2.34. The molecule has 2 unspecified atom stereocenters. The Morgan fingerprint density at radius 3 is 2.37 bits per heavy atom. The molecule has 0 bridgehead atoms. The van der Waals surface area contributed by atoms with Crippen LogP contribution in [0, 0.1) is 0 Å². The summed E-state index contributed by atoms with van der Waals surface area (Å²) in [7, 11) is 0. The van der Waals surface area contributed by atoms with Gasteiger partial charge in [-0.1, -0.05) is 34.0 Å². The molecular weight excluding hydrogens is 552 g/mol. The maximum absolute atomic E-state index is 12.5. The molecule has 1 aromatic carbocycles. The zero-order valence-corrected chi connectivity index (χ0v) is 25.4. The van der Waals surface area contributed by atoms with E-state index in [1.54, 1.807) is 25.7 Å². The van der Waals surface area contributed by atoms with Gasteiger partial charge in [0.1, 0.15) is 16.9 Å². The smallest absolute Gasteiger partial charge is 0.410 e. The number of hydrogen-bond donors (Lipinski definition) is 1. The van der Waals surface area contributed by atoms with Gasteiger partial charge in [-0.2, -0.15) is 0 Å². The summed E-state index contributed by atoms with van der Waals surface area (Å²) in [4.78, 5) is 27.6. The largest absolute Gasteiger partial charge is 0.444 e. The minimum absolute atomic E-state index is 0.125. The lowest BCUT2D eigenvalue weighted by molar-refractivity contribution is -0.0173. The Bertz CT molecular complexity index is 1190. The minimum Gasteiger partial charge on any atom is -0.444 e. The van der Waals surface area contributed by atoms with E-state index < -0.39 is 17.3 Å². The molecule has 41 heavy (non-hydrogen) atoms. The molecule has 0 aliphatic carbocycles. The van der Waals surface area contributed by atoms with Gasteiger partial charge >= 0.3 is 12.2 Å². The zero-order chi connectivity index (χ0) is 30.2. The Morgan fingerprint density at radius 2 is 1.73 bits per heavy atom. The van der Waals surface area contributed by atoms with Crippen LogP contribution in [-0.2, 0) is 14.2 Å². The monoisotopic (exact) mass is 592 g/mol. The Balaban J connectivity index is 0.000000250. The van der Waals surface area contributed by atoms with E-state index in [2.05, 4.69) is 10.3 Å². The summed E-state index contributed by atoms with van der Waals surface area (Å²) in [5.41, 5.74) is 0.567. The molecule has 2 amide bonds. The second-order valence-electron chi connectivity index (χ2n) is 11.9. The lowest BCUT2D eigenvalue weighted by Gasteiger charge is -2.35. The van der Waals surface area contributed by atoms with Crippen LogP contribution in [0.5, 0.6) is 0 Å². The second-order valence-corrected chi connectivity index (χ2v) is 12.3. The van der Waals surface area contributed by atoms with Gasteiger partial charge in [0.2, 0.25) is 0 Å². The van der Waals surface area contributed by atoms with Gasteiger partial charge in [0.15, 0.2) is 5.76 Å². The molecule has 12 heteroatoms. The number of amides is 2. The zero-order valence-electron chi connectivity index (χ0n) is 24.6. The lowest BCUT2D eigenvalue weighted by Crippen LogP contribution is -2.51. The summed E-state index contributed by atoms with van der Waals surface area (Å²) >= 11 is 6.04. The van der Waals surface area contributed by atoms with Crippen molar-refractivity contribution in [1.82, 2.24) is 15.0 Å². The van der Waals surface area contributed by atoms with Crippen molar-refractivity contribution >= 4 is 30.0 Å². The molecule has 4 rings (SSSR count). The van der Waals surface area contributed by atoms with Crippen molar-refractivity contribution < 1.29 is 33.5 Å². The number of carbonyl (C=O) groups is 2. The predicted molar refractivity (Wildman–Crippen MR) is 154 cm³/mol. The predicted octanol–water partition coefficient (Wildman–Crippen LogP) is 6.54. The van der Waals surface area contributed by atoms with Crippen LogP contribution in [0.25, 0.3) is 11.3 Å². The molecule has 2 fully saturated rings. The normalized spacial score (nSPS) is 19.9. The number of halogens is 1. The maximum Gasteiger partial charge on any atom is 0.410 e. The van der Waals surface area contributed by atoms with E-state index in [9.17, 15) is 9.59 Å². The van der Waals surface area contributed by atoms with Gasteiger partial charge in [-0.3, -0.25) is 9.80 Å². The SMILES string of the molecule is CC(C)(C)OC(=O)N1CCCCC1c1cc(-c2cccc(Cl)c2)on1.CC(C)(C)OC(=O)N1CCOCC1C=NO. The highest BCUT2D eigenvalue weighted by Gasteiger charge is 2.33. The van der Waals surface area contributed by atoms with Crippen LogP contribution in [-0.4, -0.2) is 82.1 Å². The van der Waals surface area contributed by atoms with Crippen LogP contribution in [0.4, 0.5) is 9.59 Å². The molecule has 3 heterocycles. The number of piperidine rings is 1. The number of hydrogen-bond acceptors (Lipinski definition) is 9. The summed E-state index contributed by atoms with van der Waals surface area (Å²) in [6.45, 7) is 12.9. The molecule has 0 radical (unpaired) electrons. The van der Waals surface area contributed by atoms with E-state index in [0.717, 1.165) is 30.5 Å². The molecule has 0 saturated carbocycles. The third kappa shape index (κ3) is 9.93. The van der Waals surface area contributed by atoms with E-state index in [4.69, 9.17) is 35.5 Å². The van der Waals surface area contributed by atoms with Crippen LogP contribution in [0.3, 0.4) is 0 Å². The fourth-order valence-electron chi connectivity index (χ4n) is 4.37. The summed E-state index contributed by atoms with van der Waals surface area (Å²) in [6, 6.07) is 8.83. The Morgan fingerprint density at radius 1 is 1.05 bits per heavy atom. The highest BCUT2D eigenvalue weighted by molar-refractivity contribution is 6.30. The van der Waals surface area contributed by atoms with Gasteiger partial charge in [0, 0.05) is 29.7 Å². The highest BCUT2D eigenvalue weighted by atomic mass is 35.5. The molecule has 1 N–H and O–H groups in total. The first-order chi connectivity index (χ1) is 19.3. The number of carbonyl (C=O) groups excluding carboxylic acids is 2. The number of aromatic nitrogens is 1. The summed E-state index contributed by atoms with van der Waals surface area (Å²) in [6.07, 6.45) is 3.41. The molecule has 2 atom stereocenters. The van der Waals surface area contributed by atoms with E-state index in [0.29, 0.717) is 37.1 Å². The molecule has 11 nitrogen and oxygen atoms in total. The first-order valence-electron chi connectivity index (χ1n) is 13.7. The number of nitrogens with zero attached hydrogens (tertiary/aromatic N) is 4. The van der Waals surface area contributed by atoms with Crippen LogP contribution < -0.4 is 0 Å². The molecule has 2 saturated heterocycles. The quantitative estimate of drug-likeness (QED) is 0.242. The van der Waals surface area contributed by atoms with Crippen molar-refractivity contribution in [3.8, 4) is 11.3 Å². The Kier molecular flexibility index (Phi) is 11.0. The van der Waals surface area contributed by atoms with Gasteiger partial charge < -0.3 is 23.9 Å². The number of benzene rings is 1. The average Bonchev–Trinajstić information content (AvgIpc) is 3.38. The Hall–Kier alpha value is -3.31. The number of morpholine rings is 1. The van der Waals surface area contributed by atoms with Crippen LogP contribution >= 0.6 is 11.6 Å². The fourth-order valence-corrected chi connectivity index (χ4v) is 4.56. The molecule has 226 valence electrons. The molecule has 2 aromatic rings. The number of oxime groups is 1. The molecule has 2 aliphatic rings. The Labute approximate surface area is 246 Å². The number of likely N-dealkylation sites (tertiary alicyclic amines) is 1. The van der Waals surface area contributed by atoms with Crippen LogP contribution in [0.2, 0.25) is 5.02 Å². The molecule has 2 aliphatic heterocycles. The van der Waals surface area contributed by atoms with Crippen molar-refractivity contribution in [3.63, 3.8) is 0 Å². The topological polar surface area (TPSA) is 127 Å². The first-order valence-corrected chi connectivity index (χ1v) is 14.1. The van der Waals surface area contributed by atoms with E-state index in [1.165, 1.54) is 11.1 Å². The summed E-state index contributed by atoms with van der Waals surface area (Å²) < 4.78 is 21.5. The van der Waals surface area contributed by atoms with Crippen LogP contribution in [0.1, 0.15) is 72.5 Å². The molecule has 0 spiro atoms. The van der Waals surface area contributed by atoms with Gasteiger partial charge in [-0.05, 0) is 72.9 Å². The second kappa shape index (κ2) is 14.0. The minimum atomic E-state index is -0.531. The van der Waals surface area contributed by atoms with Crippen LogP contribution in [0.15, 0.2) is 40.0 Å². The van der Waals surface area contributed by atoms with Crippen molar-refractivity contribution in [3.05, 3.63) is 41.0 Å². The van der Waals surface area contributed by atoms with Gasteiger partial charge in [0.25, 0.3) is 0 Å². The summed E-state index contributed by atoms with van der Waals surface area (Å²) in [5, 5.41) is 16.3. The molecular formula is C29H41ClN4O7. The van der Waals surface area contributed by atoms with Crippen molar-refractivity contribution in [2.45, 2.75) is 84.1 Å². The van der Waals surface area contributed by atoms with E-state index in [-0.39, 0.29) is 18.2 Å². The van der Waals surface area contributed by atoms with Crippen molar-refractivity contribution in [2.24, 2.45) is 5.16 Å². The van der Waals surface area contributed by atoms with E-state index >= 15 is 0 Å². The third-order valence-corrected chi connectivity index (χ3v) is 6.38. The first kappa shape index (κ1) is 32.2. The molecule has 1 aromatic heterocycles. The van der Waals surface area contributed by atoms with Crippen molar-refractivity contribution in [2.75, 3.05) is 26.3 Å². The fraction of sp³-hybridized carbons (Fsp3) is 0.586. The maximum atomic E-state index is 12.5. The van der Waals surface area contributed by atoms with Crippen molar-refractivity contribution in [1.29, 1.82) is 0 Å². The third-order valence-electron chi connectivity index (χ3n) is 6.14. The van der Waals surface area contributed by atoms with Gasteiger partial charge in [-0.15, -0.1) is 0 Å².